The molecule has 0 aliphatic heterocycles. The van der Waals surface area contributed by atoms with Crippen LogP contribution >= 0.6 is 0 Å². The summed E-state index contributed by atoms with van der Waals surface area (Å²) in [7, 11) is 0. The molecular formula is C16H24FNO. The molecule has 1 fully saturated rings. The predicted octanol–water partition coefficient (Wildman–Crippen LogP) is 3.32. The summed E-state index contributed by atoms with van der Waals surface area (Å²) in [6.45, 7) is 4.54. The maximum atomic E-state index is 14.0. The van der Waals surface area contributed by atoms with Crippen molar-refractivity contribution in [3.8, 4) is 0 Å². The topological polar surface area (TPSA) is 46.2 Å². The van der Waals surface area contributed by atoms with Crippen LogP contribution in [0.2, 0.25) is 0 Å². The summed E-state index contributed by atoms with van der Waals surface area (Å²) in [6, 6.07) is 4.91. The molecule has 3 heteroatoms. The van der Waals surface area contributed by atoms with Gasteiger partial charge in [0.2, 0.25) is 0 Å². The number of aryl methyl sites for hydroxylation is 1. The third kappa shape index (κ3) is 2.82. The highest BCUT2D eigenvalue weighted by Gasteiger charge is 2.41. The van der Waals surface area contributed by atoms with Crippen molar-refractivity contribution in [2.45, 2.75) is 45.6 Å². The van der Waals surface area contributed by atoms with Gasteiger partial charge in [-0.2, -0.15) is 0 Å². The Kier molecular flexibility index (Phi) is 4.26. The van der Waals surface area contributed by atoms with E-state index in [1.165, 1.54) is 6.07 Å². The van der Waals surface area contributed by atoms with E-state index < -0.39 is 6.10 Å². The van der Waals surface area contributed by atoms with Crippen LogP contribution in [0.1, 0.15) is 49.8 Å². The lowest BCUT2D eigenvalue weighted by molar-refractivity contribution is -0.0103. The van der Waals surface area contributed by atoms with E-state index in [2.05, 4.69) is 6.92 Å². The Hall–Kier alpha value is -0.930. The Morgan fingerprint density at radius 1 is 1.42 bits per heavy atom. The van der Waals surface area contributed by atoms with Crippen molar-refractivity contribution in [3.05, 3.63) is 35.1 Å². The van der Waals surface area contributed by atoms with E-state index in [4.69, 9.17) is 5.73 Å². The fraction of sp³-hybridized carbons (Fsp3) is 0.625. The molecule has 3 N–H and O–H groups in total. The van der Waals surface area contributed by atoms with Crippen LogP contribution in [0.15, 0.2) is 18.2 Å². The number of hydrogen-bond donors (Lipinski definition) is 2. The summed E-state index contributed by atoms with van der Waals surface area (Å²) >= 11 is 0. The van der Waals surface area contributed by atoms with Gasteiger partial charge in [-0.05, 0) is 31.7 Å². The van der Waals surface area contributed by atoms with Gasteiger partial charge in [-0.15, -0.1) is 0 Å². The van der Waals surface area contributed by atoms with Crippen molar-refractivity contribution >= 4 is 0 Å². The number of hydrogen-bond acceptors (Lipinski definition) is 2. The predicted molar refractivity (Wildman–Crippen MR) is 75.2 cm³/mol. The smallest absolute Gasteiger partial charge is 0.129 e. The molecule has 0 radical (unpaired) electrons. The van der Waals surface area contributed by atoms with Gasteiger partial charge in [-0.1, -0.05) is 37.5 Å². The van der Waals surface area contributed by atoms with E-state index in [9.17, 15) is 9.50 Å². The minimum absolute atomic E-state index is 0.329. The first-order valence-corrected chi connectivity index (χ1v) is 7.13. The molecule has 2 rings (SSSR count). The summed E-state index contributed by atoms with van der Waals surface area (Å²) < 4.78 is 14.0. The van der Waals surface area contributed by atoms with Gasteiger partial charge < -0.3 is 10.8 Å². The standard InChI is InChI=1S/C16H24FNO/c1-11-5-7-16(10-18,8-6-11)15(19)13-9-12(2)3-4-14(13)17/h3-4,9,11,15,19H,5-8,10,18H2,1-2H3. The molecule has 0 bridgehead atoms. The van der Waals surface area contributed by atoms with Crippen LogP contribution < -0.4 is 5.73 Å². The average molecular weight is 265 g/mol. The molecule has 1 atom stereocenters. The molecule has 19 heavy (non-hydrogen) atoms. The number of halogens is 1. The summed E-state index contributed by atoms with van der Waals surface area (Å²) in [5.74, 6) is 0.346. The van der Waals surface area contributed by atoms with Gasteiger partial charge in [0.05, 0.1) is 6.10 Å². The first kappa shape index (κ1) is 14.5. The molecule has 1 aliphatic rings. The molecular weight excluding hydrogens is 241 g/mol. The molecule has 1 aliphatic carbocycles. The van der Waals surface area contributed by atoms with Crippen LogP contribution in [-0.2, 0) is 0 Å². The number of rotatable bonds is 3. The fourth-order valence-electron chi connectivity index (χ4n) is 3.13. The lowest BCUT2D eigenvalue weighted by atomic mass is 9.66. The van der Waals surface area contributed by atoms with Gasteiger partial charge in [-0.3, -0.25) is 0 Å². The van der Waals surface area contributed by atoms with E-state index in [1.807, 2.05) is 6.92 Å². The minimum Gasteiger partial charge on any atom is -0.388 e. The zero-order valence-corrected chi connectivity index (χ0v) is 11.8. The quantitative estimate of drug-likeness (QED) is 0.880. The first-order chi connectivity index (χ1) is 8.98. The Bertz CT molecular complexity index is 438. The highest BCUT2D eigenvalue weighted by molar-refractivity contribution is 5.27. The second-order valence-corrected chi connectivity index (χ2v) is 6.18. The number of aliphatic hydroxyl groups excluding tert-OH is 1. The van der Waals surface area contributed by atoms with Crippen molar-refractivity contribution in [2.24, 2.45) is 17.1 Å². The van der Waals surface area contributed by atoms with Crippen molar-refractivity contribution in [1.82, 2.24) is 0 Å². The van der Waals surface area contributed by atoms with Crippen LogP contribution in [-0.4, -0.2) is 11.7 Å². The van der Waals surface area contributed by atoms with Crippen molar-refractivity contribution in [3.63, 3.8) is 0 Å². The second-order valence-electron chi connectivity index (χ2n) is 6.18. The SMILES string of the molecule is Cc1ccc(F)c(C(O)C2(CN)CCC(C)CC2)c1. The van der Waals surface area contributed by atoms with Crippen LogP contribution in [0.5, 0.6) is 0 Å². The monoisotopic (exact) mass is 265 g/mol. The van der Waals surface area contributed by atoms with Crippen molar-refractivity contribution in [2.75, 3.05) is 6.54 Å². The molecule has 0 spiro atoms. The normalized spacial score (nSPS) is 29.2. The van der Waals surface area contributed by atoms with Crippen molar-refractivity contribution < 1.29 is 9.50 Å². The minimum atomic E-state index is -0.801. The molecule has 0 aromatic heterocycles. The Morgan fingerprint density at radius 3 is 2.63 bits per heavy atom. The van der Waals surface area contributed by atoms with E-state index in [-0.39, 0.29) is 11.2 Å². The second kappa shape index (κ2) is 5.59. The lowest BCUT2D eigenvalue weighted by Crippen LogP contribution is -2.40. The van der Waals surface area contributed by atoms with E-state index in [1.54, 1.807) is 12.1 Å². The summed E-state index contributed by atoms with van der Waals surface area (Å²) in [5, 5.41) is 10.7. The maximum absolute atomic E-state index is 14.0. The molecule has 1 saturated carbocycles. The lowest BCUT2D eigenvalue weighted by Gasteiger charge is -2.42. The molecule has 106 valence electrons. The zero-order chi connectivity index (χ0) is 14.0. The Balaban J connectivity index is 2.30. The van der Waals surface area contributed by atoms with Crippen LogP contribution in [0.4, 0.5) is 4.39 Å². The molecule has 1 aromatic rings. The third-order valence-electron chi connectivity index (χ3n) is 4.70. The van der Waals surface area contributed by atoms with Gasteiger partial charge in [0.1, 0.15) is 5.82 Å². The van der Waals surface area contributed by atoms with E-state index in [0.29, 0.717) is 18.0 Å². The zero-order valence-electron chi connectivity index (χ0n) is 11.8. The van der Waals surface area contributed by atoms with Gasteiger partial charge in [0.25, 0.3) is 0 Å². The number of aliphatic hydroxyl groups is 1. The van der Waals surface area contributed by atoms with Crippen molar-refractivity contribution in [1.29, 1.82) is 0 Å². The highest BCUT2D eigenvalue weighted by atomic mass is 19.1. The molecule has 0 amide bonds. The highest BCUT2D eigenvalue weighted by Crippen LogP contribution is 2.47. The molecule has 0 heterocycles. The average Bonchev–Trinajstić information content (AvgIpc) is 2.42. The Labute approximate surface area is 114 Å². The molecule has 0 saturated heterocycles. The van der Waals surface area contributed by atoms with E-state index >= 15 is 0 Å². The van der Waals surface area contributed by atoms with Gasteiger partial charge in [0, 0.05) is 17.5 Å². The number of benzene rings is 1. The Morgan fingerprint density at radius 2 is 2.05 bits per heavy atom. The summed E-state index contributed by atoms with van der Waals surface area (Å²) in [4.78, 5) is 0. The molecule has 1 unspecified atom stereocenters. The maximum Gasteiger partial charge on any atom is 0.129 e. The van der Waals surface area contributed by atoms with E-state index in [0.717, 1.165) is 31.2 Å². The third-order valence-corrected chi connectivity index (χ3v) is 4.70. The number of nitrogens with two attached hydrogens (primary N) is 1. The van der Waals surface area contributed by atoms with Gasteiger partial charge >= 0.3 is 0 Å². The fourth-order valence-corrected chi connectivity index (χ4v) is 3.13. The van der Waals surface area contributed by atoms with Gasteiger partial charge in [0.15, 0.2) is 0 Å². The first-order valence-electron chi connectivity index (χ1n) is 7.13. The molecule has 1 aromatic carbocycles. The summed E-state index contributed by atoms with van der Waals surface area (Å²) in [6.07, 6.45) is 3.06. The van der Waals surface area contributed by atoms with Gasteiger partial charge in [-0.25, -0.2) is 4.39 Å². The summed E-state index contributed by atoms with van der Waals surface area (Å²) in [5.41, 5.74) is 6.94. The van der Waals surface area contributed by atoms with Crippen LogP contribution in [0, 0.1) is 24.1 Å². The molecule has 2 nitrogen and oxygen atoms in total. The van der Waals surface area contributed by atoms with Crippen LogP contribution in [0.3, 0.4) is 0 Å². The van der Waals surface area contributed by atoms with Crippen LogP contribution in [0.25, 0.3) is 0 Å². The largest absolute Gasteiger partial charge is 0.388 e.